The zero-order valence-corrected chi connectivity index (χ0v) is 23.4. The number of aromatic nitrogens is 2. The molecule has 40 heavy (non-hydrogen) atoms. The second-order valence-electron chi connectivity index (χ2n) is 9.17. The molecule has 0 atom stereocenters. The Hall–Kier alpha value is -3.79. The van der Waals surface area contributed by atoms with E-state index in [0.29, 0.717) is 21.6 Å². The lowest BCUT2D eigenvalue weighted by Gasteiger charge is -2.28. The molecule has 0 radical (unpaired) electrons. The Balaban J connectivity index is 1.68. The Morgan fingerprint density at radius 2 is 1.77 bits per heavy atom. The molecule has 208 valence electrons. The van der Waals surface area contributed by atoms with E-state index in [4.69, 9.17) is 26.6 Å². The molecular weight excluding hydrogens is 563 g/mol. The van der Waals surface area contributed by atoms with Crippen LogP contribution in [0.4, 0.5) is 13.2 Å². The Morgan fingerprint density at radius 3 is 2.42 bits per heavy atom. The van der Waals surface area contributed by atoms with Crippen LogP contribution in [0.3, 0.4) is 0 Å². The molecule has 3 aromatic carbocycles. The van der Waals surface area contributed by atoms with Crippen molar-refractivity contribution in [1.29, 1.82) is 0 Å². The van der Waals surface area contributed by atoms with Crippen LogP contribution in [0.15, 0.2) is 71.1 Å². The summed E-state index contributed by atoms with van der Waals surface area (Å²) in [6.07, 6.45) is 1.69. The Morgan fingerprint density at radius 1 is 1.07 bits per heavy atom. The number of hydrogen-bond donors (Lipinski definition) is 0. The highest BCUT2D eigenvalue weighted by molar-refractivity contribution is 7.98. The summed E-state index contributed by atoms with van der Waals surface area (Å²) >= 11 is 7.38. The van der Waals surface area contributed by atoms with E-state index >= 15 is 0 Å². The molecule has 0 amide bonds. The van der Waals surface area contributed by atoms with Gasteiger partial charge in [-0.1, -0.05) is 48.4 Å². The molecule has 0 aliphatic carbocycles. The van der Waals surface area contributed by atoms with Crippen molar-refractivity contribution < 1.29 is 22.6 Å². The van der Waals surface area contributed by atoms with Crippen molar-refractivity contribution in [2.75, 3.05) is 20.3 Å². The molecular formula is C28H25ClF3N5O2S. The molecule has 4 rings (SSSR count). The predicted octanol–water partition coefficient (Wildman–Crippen LogP) is 8.26. The second-order valence-corrected chi connectivity index (χ2v) is 10.5. The summed E-state index contributed by atoms with van der Waals surface area (Å²) < 4.78 is 56.0. The number of imidazole rings is 1. The number of halogens is 4. The maximum atomic E-state index is 14.9. The van der Waals surface area contributed by atoms with Crippen molar-refractivity contribution in [2.24, 2.45) is 5.11 Å². The highest BCUT2D eigenvalue weighted by atomic mass is 35.5. The van der Waals surface area contributed by atoms with Gasteiger partial charge in [0.15, 0.2) is 5.16 Å². The summed E-state index contributed by atoms with van der Waals surface area (Å²) in [4.78, 5) is 7.19. The van der Waals surface area contributed by atoms with Crippen LogP contribution >= 0.6 is 23.4 Å². The molecule has 12 heteroatoms. The van der Waals surface area contributed by atoms with Gasteiger partial charge in [0.2, 0.25) is 0 Å². The lowest BCUT2D eigenvalue weighted by atomic mass is 9.81. The van der Waals surface area contributed by atoms with Crippen LogP contribution in [0, 0.1) is 17.5 Å². The number of methoxy groups -OCH3 is 1. The Labute approximate surface area is 238 Å². The van der Waals surface area contributed by atoms with Gasteiger partial charge in [0.25, 0.3) is 0 Å². The molecule has 0 aliphatic heterocycles. The fraction of sp³-hybridized carbons (Fsp3) is 0.250. The Kier molecular flexibility index (Phi) is 9.19. The molecule has 4 aromatic rings. The number of thioether (sulfide) groups is 1. The maximum Gasteiger partial charge on any atom is 0.173 e. The summed E-state index contributed by atoms with van der Waals surface area (Å²) in [6, 6.07) is 13.6. The lowest BCUT2D eigenvalue weighted by molar-refractivity contribution is 0.324. The van der Waals surface area contributed by atoms with Crippen LogP contribution in [0.5, 0.6) is 11.5 Å². The van der Waals surface area contributed by atoms with Crippen molar-refractivity contribution >= 4 is 23.4 Å². The van der Waals surface area contributed by atoms with Crippen LogP contribution < -0.4 is 9.47 Å². The van der Waals surface area contributed by atoms with E-state index in [1.807, 2.05) is 30.5 Å². The molecule has 0 bridgehead atoms. The van der Waals surface area contributed by atoms with E-state index in [0.717, 1.165) is 35.2 Å². The number of ether oxygens (including phenoxy) is 2. The van der Waals surface area contributed by atoms with Gasteiger partial charge in [0, 0.05) is 39.5 Å². The first kappa shape index (κ1) is 29.2. The SMILES string of the molecule is COc1cc(C(C)(C)c2cnc(SCc3c(F)cc(OCCN=[N+]=[N-])cc3F)n2-c2ccc(F)cc2)ccc1Cl. The van der Waals surface area contributed by atoms with Crippen LogP contribution in [0.2, 0.25) is 5.02 Å². The van der Waals surface area contributed by atoms with Gasteiger partial charge in [-0.15, -0.1) is 0 Å². The van der Waals surface area contributed by atoms with Gasteiger partial charge in [0.1, 0.15) is 29.0 Å². The minimum Gasteiger partial charge on any atom is -0.495 e. The van der Waals surface area contributed by atoms with Crippen LogP contribution in [0.25, 0.3) is 16.1 Å². The van der Waals surface area contributed by atoms with Crippen molar-refractivity contribution in [3.8, 4) is 17.2 Å². The van der Waals surface area contributed by atoms with Crippen LogP contribution in [0.1, 0.15) is 30.7 Å². The van der Waals surface area contributed by atoms with Gasteiger partial charge < -0.3 is 9.47 Å². The summed E-state index contributed by atoms with van der Waals surface area (Å²) in [5, 5.41) is 4.26. The lowest BCUT2D eigenvalue weighted by Crippen LogP contribution is -2.23. The molecule has 0 aliphatic rings. The first-order valence-corrected chi connectivity index (χ1v) is 13.4. The van der Waals surface area contributed by atoms with Crippen LogP contribution in [-0.4, -0.2) is 29.8 Å². The molecule has 0 saturated carbocycles. The van der Waals surface area contributed by atoms with E-state index in [2.05, 4.69) is 15.0 Å². The van der Waals surface area contributed by atoms with Gasteiger partial charge >= 0.3 is 0 Å². The Bertz CT molecular complexity index is 1530. The van der Waals surface area contributed by atoms with E-state index in [1.54, 1.807) is 24.4 Å². The average molecular weight is 588 g/mol. The number of hydrogen-bond acceptors (Lipinski definition) is 5. The molecule has 0 spiro atoms. The number of rotatable bonds is 11. The third-order valence-corrected chi connectivity index (χ3v) is 7.60. The number of azide groups is 1. The average Bonchev–Trinajstić information content (AvgIpc) is 3.36. The fourth-order valence-electron chi connectivity index (χ4n) is 4.10. The molecule has 0 unspecified atom stereocenters. The van der Waals surface area contributed by atoms with Gasteiger partial charge in [-0.3, -0.25) is 4.57 Å². The summed E-state index contributed by atoms with van der Waals surface area (Å²) in [6.45, 7) is 4.03. The van der Waals surface area contributed by atoms with Crippen molar-refractivity contribution in [1.82, 2.24) is 9.55 Å². The predicted molar refractivity (Wildman–Crippen MR) is 149 cm³/mol. The fourth-order valence-corrected chi connectivity index (χ4v) is 5.30. The van der Waals surface area contributed by atoms with E-state index in [9.17, 15) is 13.2 Å². The standard InChI is InChI=1S/C28H25ClF3N5O2S/c1-28(2,17-4-9-22(29)25(12-17)38-3)26-15-34-27(37(26)19-7-5-18(30)6-8-19)40-16-21-23(31)13-20(14-24(21)32)39-11-10-35-36-33/h4-9,12-15H,10-11,16H2,1-3H3. The highest BCUT2D eigenvalue weighted by Crippen LogP contribution is 2.39. The second kappa shape index (κ2) is 12.6. The highest BCUT2D eigenvalue weighted by Gasteiger charge is 2.30. The van der Waals surface area contributed by atoms with Crippen molar-refractivity contribution in [2.45, 2.75) is 30.2 Å². The summed E-state index contributed by atoms with van der Waals surface area (Å²) in [7, 11) is 1.54. The third-order valence-electron chi connectivity index (χ3n) is 6.31. The molecule has 0 fully saturated rings. The summed E-state index contributed by atoms with van der Waals surface area (Å²) in [5.41, 5.74) is 9.84. The topological polar surface area (TPSA) is 85.0 Å². The zero-order valence-electron chi connectivity index (χ0n) is 21.9. The monoisotopic (exact) mass is 587 g/mol. The van der Waals surface area contributed by atoms with E-state index in [1.165, 1.54) is 19.2 Å². The molecule has 0 N–H and O–H groups in total. The number of benzene rings is 3. The first-order valence-electron chi connectivity index (χ1n) is 12.1. The van der Waals surface area contributed by atoms with Gasteiger partial charge in [-0.2, -0.15) is 0 Å². The first-order chi connectivity index (χ1) is 19.1. The van der Waals surface area contributed by atoms with Crippen molar-refractivity contribution in [3.05, 3.63) is 111 Å². The quantitative estimate of drug-likeness (QED) is 0.0581. The maximum absolute atomic E-state index is 14.9. The molecule has 1 heterocycles. The van der Waals surface area contributed by atoms with Crippen molar-refractivity contribution in [3.63, 3.8) is 0 Å². The molecule has 1 aromatic heterocycles. The minimum atomic E-state index is -0.778. The number of nitrogens with zero attached hydrogens (tertiary/aromatic N) is 5. The zero-order chi connectivity index (χ0) is 28.9. The molecule has 7 nitrogen and oxygen atoms in total. The van der Waals surface area contributed by atoms with E-state index in [-0.39, 0.29) is 30.2 Å². The van der Waals surface area contributed by atoms with Gasteiger partial charge in [0.05, 0.1) is 37.2 Å². The van der Waals surface area contributed by atoms with E-state index < -0.39 is 22.9 Å². The van der Waals surface area contributed by atoms with Gasteiger partial charge in [-0.05, 0) is 47.5 Å². The minimum absolute atomic E-state index is 0.00729. The summed E-state index contributed by atoms with van der Waals surface area (Å²) in [5.74, 6) is -1.51. The third kappa shape index (κ3) is 6.33. The largest absolute Gasteiger partial charge is 0.495 e. The molecule has 0 saturated heterocycles. The normalized spacial score (nSPS) is 11.3. The van der Waals surface area contributed by atoms with Crippen LogP contribution in [-0.2, 0) is 11.2 Å². The smallest absolute Gasteiger partial charge is 0.173 e. The van der Waals surface area contributed by atoms with Gasteiger partial charge in [-0.25, -0.2) is 18.2 Å².